The number of hydrogen-bond acceptors (Lipinski definition) is 23. The highest BCUT2D eigenvalue weighted by Crippen LogP contribution is 2.44. The van der Waals surface area contributed by atoms with Crippen LogP contribution in [-0.2, 0) is 30.6 Å². The number of aliphatic hydroxyl groups excluding tert-OH is 3. The minimum atomic E-state index is -0.364. The highest BCUT2D eigenvalue weighted by atomic mass is 16.5. The van der Waals surface area contributed by atoms with Crippen LogP contribution in [0.5, 0.6) is 0 Å². The molecule has 3 fully saturated rings. The molecule has 10 rings (SSSR count). The molecule has 4 aliphatic rings. The van der Waals surface area contributed by atoms with Crippen molar-refractivity contribution in [1.29, 1.82) is 15.8 Å². The van der Waals surface area contributed by atoms with Crippen LogP contribution in [-0.4, -0.2) is 124 Å². The topological polar surface area (TPSA) is 343 Å². The van der Waals surface area contributed by atoms with E-state index in [4.69, 9.17) is 9.26 Å². The average molecular weight is 1140 g/mol. The third-order valence-corrected chi connectivity index (χ3v) is 15.9. The molecule has 23 nitrogen and oxygen atoms in total. The van der Waals surface area contributed by atoms with Crippen LogP contribution in [0.2, 0.25) is 0 Å². The lowest BCUT2D eigenvalue weighted by Gasteiger charge is -2.49. The summed E-state index contributed by atoms with van der Waals surface area (Å²) in [7, 11) is 1.57. The van der Waals surface area contributed by atoms with E-state index in [-0.39, 0.29) is 77.5 Å². The largest absolute Gasteiger partial charge is 0.392 e. The van der Waals surface area contributed by atoms with Crippen molar-refractivity contribution in [2.24, 2.45) is 16.2 Å². The molecule has 83 heavy (non-hydrogen) atoms. The zero-order valence-electron chi connectivity index (χ0n) is 47.1. The van der Waals surface area contributed by atoms with E-state index in [1.165, 1.54) is 29.1 Å². The second-order valence-electron chi connectivity index (χ2n) is 22.6. The minimum Gasteiger partial charge on any atom is -0.392 e. The molecule has 0 unspecified atom stereocenters. The number of fused-ring (bicyclic) bond motifs is 1. The Morgan fingerprint density at radius 3 is 1.70 bits per heavy atom. The van der Waals surface area contributed by atoms with Gasteiger partial charge in [0.2, 0.25) is 17.8 Å². The first-order chi connectivity index (χ1) is 38.8. The number of nitrogens with zero attached hydrogens (tertiary/aromatic N) is 12. The molecular formula is C60H86N18O5. The first-order valence-electron chi connectivity index (χ1n) is 27.2. The van der Waals surface area contributed by atoms with Crippen molar-refractivity contribution >= 4 is 41.2 Å². The van der Waals surface area contributed by atoms with Crippen LogP contribution in [0, 0.1) is 57.2 Å². The van der Waals surface area contributed by atoms with Crippen molar-refractivity contribution in [3.05, 3.63) is 118 Å². The monoisotopic (exact) mass is 1140 g/mol. The second-order valence-corrected chi connectivity index (χ2v) is 22.6. The standard InChI is InChI=1S/C22H25N5O.C19H24N6O.C17H23N7O3.2CH4.3H2/c1-22(2)18(11-19(22)28)26-21-17(12-23)25-13-20(27-21)24-8-7-14-9-15-5-3-4-6-16(15)10-14;1-12-4-5-13(10-22-12)6-7-21-18-23-11-14(9-20)17(25-18)24-15-8-16(26)19(15,2)3;1-17(2)11(6-12(17)25)21-15-10(7-18)8-20-16(23-15)19-5-4-14-22-13(9-26-3)24-27-14;;;;;/h3-6,9,13,18-19,28H,7-8,10-11H2,1-2H3,(H2,24,26,27);4-5,10-11,15-16,26H,6-8H2,1-3H3,(H2,21,23,24,25);8,11-12,25H,4-6,9H2,1-3H3,(H2,19,20,21,23);2*1H4;3*1H/t18-,19+;15-,16+;11-,12+;;;;;/m111...../s1. The zero-order chi connectivity index (χ0) is 57.9. The Bertz CT molecular complexity index is 3310. The summed E-state index contributed by atoms with van der Waals surface area (Å²) in [5, 5.41) is 80.9. The van der Waals surface area contributed by atoms with E-state index in [0.717, 1.165) is 37.1 Å². The van der Waals surface area contributed by atoms with E-state index in [1.54, 1.807) is 13.3 Å². The van der Waals surface area contributed by atoms with Gasteiger partial charge in [-0.15, -0.1) is 0 Å². The Balaban J connectivity index is 0.000000328. The fourth-order valence-corrected chi connectivity index (χ4v) is 9.60. The van der Waals surface area contributed by atoms with Crippen LogP contribution in [0.15, 0.2) is 71.3 Å². The Hall–Kier alpha value is -8.40. The lowest BCUT2D eigenvalue weighted by Crippen LogP contribution is -2.57. The molecule has 5 aromatic heterocycles. The summed E-state index contributed by atoms with van der Waals surface area (Å²) in [5.41, 5.74) is 6.50. The van der Waals surface area contributed by atoms with Crippen LogP contribution in [0.4, 0.5) is 35.2 Å². The molecule has 3 saturated carbocycles. The maximum absolute atomic E-state index is 9.93. The van der Waals surface area contributed by atoms with Crippen molar-refractivity contribution in [2.45, 2.75) is 151 Å². The van der Waals surface area contributed by atoms with Gasteiger partial charge in [-0.25, -0.2) is 19.9 Å². The third-order valence-electron chi connectivity index (χ3n) is 15.9. The molecule has 9 N–H and O–H groups in total. The summed E-state index contributed by atoms with van der Waals surface area (Å²) in [6.07, 6.45) is 12.8. The highest BCUT2D eigenvalue weighted by Gasteiger charge is 2.49. The van der Waals surface area contributed by atoms with Crippen LogP contribution >= 0.6 is 0 Å². The third kappa shape index (κ3) is 15.6. The van der Waals surface area contributed by atoms with Gasteiger partial charge in [0.05, 0.1) is 36.9 Å². The van der Waals surface area contributed by atoms with Gasteiger partial charge < -0.3 is 56.5 Å². The molecule has 0 saturated heterocycles. The number of pyridine rings is 1. The molecule has 446 valence electrons. The van der Waals surface area contributed by atoms with Crippen molar-refractivity contribution in [2.75, 3.05) is 58.6 Å². The maximum atomic E-state index is 9.93. The van der Waals surface area contributed by atoms with Gasteiger partial charge in [-0.05, 0) is 68.2 Å². The number of rotatable bonds is 20. The summed E-state index contributed by atoms with van der Waals surface area (Å²) in [6, 6.07) is 19.0. The number of aromatic nitrogens is 9. The quantitative estimate of drug-likeness (QED) is 0.0345. The Morgan fingerprint density at radius 2 is 1.19 bits per heavy atom. The van der Waals surface area contributed by atoms with Gasteiger partial charge in [-0.2, -0.15) is 30.7 Å². The number of aryl methyl sites for hydroxylation is 1. The number of aliphatic hydroxyl groups is 3. The molecule has 23 heteroatoms. The fraction of sp³-hybridized carbons (Fsp3) is 0.500. The Morgan fingerprint density at radius 1 is 0.639 bits per heavy atom. The van der Waals surface area contributed by atoms with E-state index in [0.29, 0.717) is 103 Å². The average Bonchev–Trinajstić information content (AvgIpc) is 1.21. The minimum absolute atomic E-state index is 0. The van der Waals surface area contributed by atoms with Crippen molar-refractivity contribution in [3.63, 3.8) is 0 Å². The summed E-state index contributed by atoms with van der Waals surface area (Å²) in [6.45, 7) is 16.2. The van der Waals surface area contributed by atoms with Crippen LogP contribution in [0.1, 0.15) is 137 Å². The molecule has 4 aliphatic carbocycles. The van der Waals surface area contributed by atoms with Crippen molar-refractivity contribution < 1.29 is 28.9 Å². The summed E-state index contributed by atoms with van der Waals surface area (Å²) < 4.78 is 10.1. The number of nitriles is 3. The Labute approximate surface area is 491 Å². The van der Waals surface area contributed by atoms with Crippen LogP contribution in [0.3, 0.4) is 0 Å². The number of ether oxygens (including phenoxy) is 1. The second kappa shape index (κ2) is 28.1. The van der Waals surface area contributed by atoms with E-state index in [1.807, 2.05) is 60.7 Å². The van der Waals surface area contributed by atoms with Gasteiger partial charge in [0.15, 0.2) is 17.3 Å². The number of hydrogen-bond donors (Lipinski definition) is 9. The van der Waals surface area contributed by atoms with E-state index in [9.17, 15) is 31.1 Å². The van der Waals surface area contributed by atoms with Gasteiger partial charge in [-0.3, -0.25) is 4.98 Å². The predicted molar refractivity (Wildman–Crippen MR) is 325 cm³/mol. The highest BCUT2D eigenvalue weighted by molar-refractivity contribution is 5.64. The normalized spacial score (nSPS) is 20.6. The molecule has 0 radical (unpaired) electrons. The van der Waals surface area contributed by atoms with E-state index < -0.39 is 0 Å². The smallest absolute Gasteiger partial charge is 0.228 e. The number of methoxy groups -OCH3 is 1. The van der Waals surface area contributed by atoms with Gasteiger partial charge in [0, 0.05) is 83.7 Å². The summed E-state index contributed by atoms with van der Waals surface area (Å²) in [5.74, 6) is 3.95. The summed E-state index contributed by atoms with van der Waals surface area (Å²) >= 11 is 0. The molecule has 0 aliphatic heterocycles. The van der Waals surface area contributed by atoms with Gasteiger partial charge in [0.1, 0.15) is 53.4 Å². The first-order valence-corrected chi connectivity index (χ1v) is 27.2. The lowest BCUT2D eigenvalue weighted by atomic mass is 9.64. The van der Waals surface area contributed by atoms with Crippen LogP contribution in [0.25, 0.3) is 6.08 Å². The lowest BCUT2D eigenvalue weighted by molar-refractivity contribution is -0.0512. The zero-order valence-corrected chi connectivity index (χ0v) is 47.1. The van der Waals surface area contributed by atoms with Crippen molar-refractivity contribution in [1.82, 2.24) is 45.0 Å². The van der Waals surface area contributed by atoms with E-state index in [2.05, 4.69) is 132 Å². The Kier molecular flexibility index (Phi) is 21.6. The molecule has 0 amide bonds. The molecule has 0 bridgehead atoms. The maximum Gasteiger partial charge on any atom is 0.228 e. The SMILES string of the molecule is C.C.CC1(C)[C@@H](O)C[C@H]1Nc1nc(NCCC2=Cc3ccccc3C2)cnc1C#N.COCc1noc(CCNc2ncc(C#N)c(N[C@@H]3C[C@H](O)C3(C)C)n2)n1.Cc1ccc(CCNc2ncc(C#N)c(N[C@@H]3C[C@H](O)C3(C)C)n2)cn1.[HH].[HH].[HH]. The van der Waals surface area contributed by atoms with Crippen molar-refractivity contribution in [3.8, 4) is 18.2 Å². The number of benzene rings is 1. The van der Waals surface area contributed by atoms with Crippen LogP contribution < -0.4 is 31.9 Å². The number of nitrogens with one attached hydrogen (secondary N) is 6. The predicted octanol–water partition coefficient (Wildman–Crippen LogP) is 8.75. The summed E-state index contributed by atoms with van der Waals surface area (Å²) in [4.78, 5) is 34.5. The van der Waals surface area contributed by atoms with Gasteiger partial charge >= 0.3 is 0 Å². The first kappa shape index (κ1) is 63.8. The molecular weight excluding hydrogens is 1050 g/mol. The molecule has 6 aromatic rings. The molecule has 6 atom stereocenters. The van der Waals surface area contributed by atoms with E-state index >= 15 is 0 Å². The van der Waals surface area contributed by atoms with Gasteiger partial charge in [-0.1, -0.05) is 104 Å². The number of anilines is 6. The van der Waals surface area contributed by atoms with Gasteiger partial charge in [0.25, 0.3) is 0 Å². The molecule has 5 heterocycles. The molecule has 0 spiro atoms. The molecule has 1 aromatic carbocycles. The fourth-order valence-electron chi connectivity index (χ4n) is 9.60.